The van der Waals surface area contributed by atoms with Crippen molar-refractivity contribution in [1.29, 1.82) is 0 Å². The average molecular weight is 352 g/mol. The fraction of sp³-hybridized carbons (Fsp3) is 0.158. The molecule has 4 rings (SSSR count). The summed E-state index contributed by atoms with van der Waals surface area (Å²) in [5.74, 6) is -0.212. The number of carbonyl (C=O) groups excluding carboxylic acids is 2. The summed E-state index contributed by atoms with van der Waals surface area (Å²) in [4.78, 5) is 25.0. The van der Waals surface area contributed by atoms with Crippen LogP contribution >= 0.6 is 11.3 Å². The summed E-state index contributed by atoms with van der Waals surface area (Å²) >= 11 is 1.25. The highest BCUT2D eigenvalue weighted by Gasteiger charge is 2.24. The first-order chi connectivity index (χ1) is 12.2. The van der Waals surface area contributed by atoms with Crippen molar-refractivity contribution < 1.29 is 14.0 Å². The van der Waals surface area contributed by atoms with E-state index in [1.165, 1.54) is 28.7 Å². The van der Waals surface area contributed by atoms with Crippen molar-refractivity contribution in [1.82, 2.24) is 5.32 Å². The smallest absolute Gasteiger partial charge is 0.291 e. The van der Waals surface area contributed by atoms with Crippen molar-refractivity contribution in [3.05, 3.63) is 76.6 Å². The minimum absolute atomic E-state index is 0.0481. The van der Waals surface area contributed by atoms with E-state index < -0.39 is 0 Å². The quantitative estimate of drug-likeness (QED) is 0.745. The van der Waals surface area contributed by atoms with Crippen LogP contribution in [0.15, 0.2) is 59.2 Å². The summed E-state index contributed by atoms with van der Waals surface area (Å²) in [5.41, 5.74) is 2.49. The Kier molecular flexibility index (Phi) is 4.11. The van der Waals surface area contributed by atoms with Crippen LogP contribution < -0.4 is 10.6 Å². The van der Waals surface area contributed by atoms with Crippen LogP contribution in [0.1, 0.15) is 43.8 Å². The number of nitrogens with one attached hydrogen (secondary N) is 2. The van der Waals surface area contributed by atoms with E-state index in [2.05, 4.69) is 22.8 Å². The summed E-state index contributed by atoms with van der Waals surface area (Å²) in [6, 6.07) is 14.9. The van der Waals surface area contributed by atoms with Crippen LogP contribution in [0.2, 0.25) is 0 Å². The molecule has 5 nitrogen and oxygen atoms in total. The summed E-state index contributed by atoms with van der Waals surface area (Å²) in [6.07, 6.45) is 3.34. The second kappa shape index (κ2) is 6.57. The molecular weight excluding hydrogens is 336 g/mol. The average Bonchev–Trinajstić information content (AvgIpc) is 3.36. The molecule has 0 saturated carbocycles. The van der Waals surface area contributed by atoms with Crippen LogP contribution in [-0.4, -0.2) is 11.8 Å². The maximum Gasteiger partial charge on any atom is 0.291 e. The second-order valence-corrected chi connectivity index (χ2v) is 6.94. The third-order valence-corrected chi connectivity index (χ3v) is 5.25. The van der Waals surface area contributed by atoms with Gasteiger partial charge in [-0.25, -0.2) is 0 Å². The standard InChI is InChI=1S/C19H16N2O3S/c22-18(15-6-3-11-24-15)21-17-10-9-16(25-17)19(23)20-14-8-7-12-4-1-2-5-13(12)14/h1-6,9-11,14H,7-8H2,(H,20,23)(H,21,22)/t14-/m0/s1. The molecule has 6 heteroatoms. The number of benzene rings is 1. The third-order valence-electron chi connectivity index (χ3n) is 4.25. The van der Waals surface area contributed by atoms with E-state index in [1.807, 2.05) is 12.1 Å². The minimum atomic E-state index is -0.330. The molecule has 0 unspecified atom stereocenters. The number of carbonyl (C=O) groups is 2. The maximum atomic E-state index is 12.5. The number of fused-ring (bicyclic) bond motifs is 1. The fourth-order valence-electron chi connectivity index (χ4n) is 3.04. The van der Waals surface area contributed by atoms with Crippen molar-refractivity contribution in [3.63, 3.8) is 0 Å². The Bertz CT molecular complexity index is 914. The van der Waals surface area contributed by atoms with Gasteiger partial charge in [0.25, 0.3) is 11.8 Å². The molecule has 0 fully saturated rings. The van der Waals surface area contributed by atoms with Crippen LogP contribution in [0, 0.1) is 0 Å². The topological polar surface area (TPSA) is 71.3 Å². The first kappa shape index (κ1) is 15.7. The number of hydrogen-bond donors (Lipinski definition) is 2. The van der Waals surface area contributed by atoms with Gasteiger partial charge in [0, 0.05) is 0 Å². The van der Waals surface area contributed by atoms with Gasteiger partial charge < -0.3 is 15.1 Å². The fourth-order valence-corrected chi connectivity index (χ4v) is 3.85. The number of hydrogen-bond acceptors (Lipinski definition) is 4. The lowest BCUT2D eigenvalue weighted by Gasteiger charge is -2.13. The summed E-state index contributed by atoms with van der Waals surface area (Å²) in [7, 11) is 0. The van der Waals surface area contributed by atoms with Crippen LogP contribution in [0.25, 0.3) is 0 Å². The molecule has 0 saturated heterocycles. The number of thiophene rings is 1. The summed E-state index contributed by atoms with van der Waals surface area (Å²) in [6.45, 7) is 0. The van der Waals surface area contributed by atoms with Crippen LogP contribution in [0.4, 0.5) is 5.00 Å². The molecule has 1 aliphatic rings. The largest absolute Gasteiger partial charge is 0.459 e. The van der Waals surface area contributed by atoms with E-state index in [0.717, 1.165) is 12.8 Å². The van der Waals surface area contributed by atoms with Crippen molar-refractivity contribution >= 4 is 28.2 Å². The molecule has 0 aliphatic heterocycles. The van der Waals surface area contributed by atoms with Crippen LogP contribution in [-0.2, 0) is 6.42 Å². The zero-order chi connectivity index (χ0) is 17.2. The van der Waals surface area contributed by atoms with Crippen molar-refractivity contribution in [2.75, 3.05) is 5.32 Å². The van der Waals surface area contributed by atoms with Gasteiger partial charge in [-0.2, -0.15) is 0 Å². The Labute approximate surface area is 148 Å². The van der Waals surface area contributed by atoms with Crippen molar-refractivity contribution in [2.45, 2.75) is 18.9 Å². The van der Waals surface area contributed by atoms with Gasteiger partial charge >= 0.3 is 0 Å². The molecule has 2 amide bonds. The number of rotatable bonds is 4. The predicted molar refractivity (Wildman–Crippen MR) is 96.0 cm³/mol. The zero-order valence-electron chi connectivity index (χ0n) is 13.3. The van der Waals surface area contributed by atoms with E-state index in [1.54, 1.807) is 24.3 Å². The zero-order valence-corrected chi connectivity index (χ0v) is 14.1. The molecule has 1 aromatic carbocycles. The van der Waals surface area contributed by atoms with Gasteiger partial charge in [-0.05, 0) is 48.2 Å². The Balaban J connectivity index is 1.42. The number of furan rings is 1. The number of anilines is 1. The van der Waals surface area contributed by atoms with Gasteiger partial charge in [-0.3, -0.25) is 9.59 Å². The molecular formula is C19H16N2O3S. The molecule has 2 N–H and O–H groups in total. The highest BCUT2D eigenvalue weighted by atomic mass is 32.1. The molecule has 25 heavy (non-hydrogen) atoms. The third kappa shape index (κ3) is 3.21. The molecule has 0 bridgehead atoms. The van der Waals surface area contributed by atoms with E-state index in [-0.39, 0.29) is 23.6 Å². The molecule has 1 atom stereocenters. The Morgan fingerprint density at radius 2 is 1.92 bits per heavy atom. The lowest BCUT2D eigenvalue weighted by Crippen LogP contribution is -2.26. The van der Waals surface area contributed by atoms with Gasteiger partial charge in [0.15, 0.2) is 5.76 Å². The highest BCUT2D eigenvalue weighted by Crippen LogP contribution is 2.31. The van der Waals surface area contributed by atoms with Gasteiger partial charge in [-0.15, -0.1) is 11.3 Å². The second-order valence-electron chi connectivity index (χ2n) is 5.86. The molecule has 2 heterocycles. The first-order valence-corrected chi connectivity index (χ1v) is 8.86. The molecule has 3 aromatic rings. The van der Waals surface area contributed by atoms with Crippen molar-refractivity contribution in [2.24, 2.45) is 0 Å². The van der Waals surface area contributed by atoms with E-state index in [0.29, 0.717) is 9.88 Å². The normalized spacial score (nSPS) is 15.6. The van der Waals surface area contributed by atoms with Gasteiger partial charge in [-0.1, -0.05) is 24.3 Å². The Hall–Kier alpha value is -2.86. The first-order valence-electron chi connectivity index (χ1n) is 8.04. The highest BCUT2D eigenvalue weighted by molar-refractivity contribution is 7.18. The number of amides is 2. The Morgan fingerprint density at radius 1 is 1.04 bits per heavy atom. The van der Waals surface area contributed by atoms with E-state index in [9.17, 15) is 9.59 Å². The summed E-state index contributed by atoms with van der Waals surface area (Å²) in [5, 5.41) is 6.43. The molecule has 0 radical (unpaired) electrons. The summed E-state index contributed by atoms with van der Waals surface area (Å²) < 4.78 is 5.06. The maximum absolute atomic E-state index is 12.5. The molecule has 1 aliphatic carbocycles. The lowest BCUT2D eigenvalue weighted by atomic mass is 10.1. The van der Waals surface area contributed by atoms with Crippen LogP contribution in [0.3, 0.4) is 0 Å². The van der Waals surface area contributed by atoms with E-state index in [4.69, 9.17) is 4.42 Å². The molecule has 0 spiro atoms. The SMILES string of the molecule is O=C(Nc1ccc(C(=O)N[C@H]2CCc3ccccc32)s1)c1ccco1. The van der Waals surface area contributed by atoms with Crippen molar-refractivity contribution in [3.8, 4) is 0 Å². The molecule has 126 valence electrons. The lowest BCUT2D eigenvalue weighted by molar-refractivity contribution is 0.0939. The predicted octanol–water partition coefficient (Wildman–Crippen LogP) is 4.01. The van der Waals surface area contributed by atoms with Gasteiger partial charge in [0.1, 0.15) is 0 Å². The minimum Gasteiger partial charge on any atom is -0.459 e. The Morgan fingerprint density at radius 3 is 2.76 bits per heavy atom. The monoisotopic (exact) mass is 352 g/mol. The number of aryl methyl sites for hydroxylation is 1. The van der Waals surface area contributed by atoms with Gasteiger partial charge in [0.2, 0.25) is 0 Å². The van der Waals surface area contributed by atoms with Gasteiger partial charge in [0.05, 0.1) is 22.2 Å². The van der Waals surface area contributed by atoms with Crippen LogP contribution in [0.5, 0.6) is 0 Å². The van der Waals surface area contributed by atoms with E-state index >= 15 is 0 Å². The molecule has 2 aromatic heterocycles.